The molecule has 1 radical (unpaired) electrons. The van der Waals surface area contributed by atoms with Crippen LogP contribution in [0.15, 0.2) is 42.5 Å². The van der Waals surface area contributed by atoms with Crippen LogP contribution in [0, 0.1) is 18.3 Å². The maximum absolute atomic E-state index is 13.1. The van der Waals surface area contributed by atoms with E-state index in [-0.39, 0.29) is 44.3 Å². The molecule has 8 heteroatoms. The molecule has 2 fully saturated rings. The Kier molecular flexibility index (Phi) is 6.77. The van der Waals surface area contributed by atoms with Crippen LogP contribution >= 0.6 is 34.8 Å². The molecule has 2 amide bonds. The average Bonchev–Trinajstić information content (AvgIpc) is 3.29. The number of amides is 2. The van der Waals surface area contributed by atoms with Crippen molar-refractivity contribution in [3.05, 3.63) is 75.1 Å². The standard InChI is InChI=1S/C23H23Cl3N3O2/c24-17-8-9-18(25)20(26)19(17)23(31)29-12-15-11-28(21(22(27)30)16(15)13-29)10-4-7-14-5-2-1-3-6-14/h1-3,5-9,15-16,21H,4,10-13H2,(H2,27,30)/t15?,16-,21?/m1/s1. The number of likely N-dealkylation sites (tertiary alicyclic amines) is 2. The summed E-state index contributed by atoms with van der Waals surface area (Å²) >= 11 is 18.6. The number of halogens is 3. The van der Waals surface area contributed by atoms with Gasteiger partial charge < -0.3 is 10.6 Å². The van der Waals surface area contributed by atoms with Gasteiger partial charge in [-0.1, -0.05) is 65.1 Å². The Morgan fingerprint density at radius 1 is 1.00 bits per heavy atom. The molecular formula is C23H23Cl3N3O2. The molecule has 0 spiro atoms. The lowest BCUT2D eigenvalue weighted by atomic mass is 9.94. The van der Waals surface area contributed by atoms with Crippen LogP contribution < -0.4 is 5.73 Å². The first-order valence-electron chi connectivity index (χ1n) is 10.2. The number of hydrogen-bond donors (Lipinski definition) is 1. The highest BCUT2D eigenvalue weighted by Gasteiger charge is 2.50. The average molecular weight is 480 g/mol. The van der Waals surface area contributed by atoms with Crippen LogP contribution in [0.25, 0.3) is 0 Å². The zero-order valence-corrected chi connectivity index (χ0v) is 19.1. The van der Waals surface area contributed by atoms with E-state index in [9.17, 15) is 9.59 Å². The third-order valence-electron chi connectivity index (χ3n) is 6.19. The third kappa shape index (κ3) is 4.56. The van der Waals surface area contributed by atoms with Gasteiger partial charge in [-0.2, -0.15) is 0 Å². The monoisotopic (exact) mass is 478 g/mol. The van der Waals surface area contributed by atoms with E-state index in [2.05, 4.69) is 23.5 Å². The van der Waals surface area contributed by atoms with Crippen molar-refractivity contribution in [2.45, 2.75) is 12.5 Å². The molecular weight excluding hydrogens is 457 g/mol. The van der Waals surface area contributed by atoms with E-state index in [4.69, 9.17) is 40.5 Å². The minimum Gasteiger partial charge on any atom is -0.368 e. The molecule has 2 aromatic carbocycles. The lowest BCUT2D eigenvalue weighted by molar-refractivity contribution is -0.123. The maximum Gasteiger partial charge on any atom is 0.256 e. The largest absolute Gasteiger partial charge is 0.368 e. The van der Waals surface area contributed by atoms with Crippen LogP contribution in [0.4, 0.5) is 0 Å². The molecule has 5 nitrogen and oxygen atoms in total. The number of benzene rings is 2. The number of fused-ring (bicyclic) bond motifs is 1. The first kappa shape index (κ1) is 22.4. The van der Waals surface area contributed by atoms with Gasteiger partial charge in [0.25, 0.3) is 5.91 Å². The number of carbonyl (C=O) groups is 2. The molecule has 2 aromatic rings. The van der Waals surface area contributed by atoms with Crippen LogP contribution in [0.3, 0.4) is 0 Å². The molecule has 0 aliphatic carbocycles. The van der Waals surface area contributed by atoms with Crippen molar-refractivity contribution in [1.82, 2.24) is 9.80 Å². The molecule has 2 saturated heterocycles. The van der Waals surface area contributed by atoms with E-state index in [1.807, 2.05) is 18.2 Å². The summed E-state index contributed by atoms with van der Waals surface area (Å²) in [5, 5.41) is 0.700. The molecule has 0 aromatic heterocycles. The molecule has 2 aliphatic rings. The second kappa shape index (κ2) is 9.37. The predicted molar refractivity (Wildman–Crippen MR) is 123 cm³/mol. The molecule has 2 heterocycles. The number of hydrogen-bond acceptors (Lipinski definition) is 3. The second-order valence-corrected chi connectivity index (χ2v) is 9.29. The topological polar surface area (TPSA) is 66.6 Å². The van der Waals surface area contributed by atoms with Crippen molar-refractivity contribution >= 4 is 46.6 Å². The van der Waals surface area contributed by atoms with Gasteiger partial charge in [0, 0.05) is 25.6 Å². The number of rotatable bonds is 6. The van der Waals surface area contributed by atoms with Gasteiger partial charge in [0.1, 0.15) is 0 Å². The Morgan fingerprint density at radius 2 is 1.71 bits per heavy atom. The van der Waals surface area contributed by atoms with E-state index in [0.29, 0.717) is 13.1 Å². The SMILES string of the molecule is NC(=O)C1[C@@H]2CN(C(=O)c3c(Cl)ccc(Cl)c3Cl)CC2CN1CC[CH]c1ccccc1. The van der Waals surface area contributed by atoms with E-state index in [0.717, 1.165) is 25.1 Å². The van der Waals surface area contributed by atoms with Gasteiger partial charge in [0.15, 0.2) is 0 Å². The number of carbonyl (C=O) groups excluding carboxylic acids is 2. The van der Waals surface area contributed by atoms with Crippen LogP contribution in [-0.4, -0.2) is 53.8 Å². The van der Waals surface area contributed by atoms with Gasteiger partial charge in [-0.25, -0.2) is 0 Å². The van der Waals surface area contributed by atoms with Gasteiger partial charge in [-0.15, -0.1) is 0 Å². The Labute approximate surface area is 197 Å². The summed E-state index contributed by atoms with van der Waals surface area (Å²) < 4.78 is 0. The molecule has 2 N–H and O–H groups in total. The van der Waals surface area contributed by atoms with Crippen molar-refractivity contribution in [2.24, 2.45) is 17.6 Å². The summed E-state index contributed by atoms with van der Waals surface area (Å²) in [5.41, 5.74) is 7.14. The highest BCUT2D eigenvalue weighted by atomic mass is 35.5. The first-order valence-corrected chi connectivity index (χ1v) is 11.3. The van der Waals surface area contributed by atoms with E-state index < -0.39 is 6.04 Å². The normalized spacial score (nSPS) is 23.2. The fourth-order valence-electron chi connectivity index (χ4n) is 4.79. The molecule has 31 heavy (non-hydrogen) atoms. The summed E-state index contributed by atoms with van der Waals surface area (Å²) in [6, 6.07) is 12.8. The van der Waals surface area contributed by atoms with Gasteiger partial charge in [0.2, 0.25) is 5.91 Å². The Hall–Kier alpha value is -1.79. The molecule has 163 valence electrons. The van der Waals surface area contributed by atoms with Crippen molar-refractivity contribution in [3.63, 3.8) is 0 Å². The summed E-state index contributed by atoms with van der Waals surface area (Å²) in [5.74, 6) is -0.441. The smallest absolute Gasteiger partial charge is 0.256 e. The number of nitrogens with zero attached hydrogens (tertiary/aromatic N) is 2. The molecule has 3 atom stereocenters. The van der Waals surface area contributed by atoms with Crippen molar-refractivity contribution in [1.29, 1.82) is 0 Å². The molecule has 4 rings (SSSR count). The minimum atomic E-state index is -0.391. The van der Waals surface area contributed by atoms with Crippen LogP contribution in [0.1, 0.15) is 22.3 Å². The fourth-order valence-corrected chi connectivity index (χ4v) is 5.48. The lowest BCUT2D eigenvalue weighted by Gasteiger charge is -2.27. The Balaban J connectivity index is 1.43. The zero-order valence-electron chi connectivity index (χ0n) is 16.8. The van der Waals surface area contributed by atoms with E-state index >= 15 is 0 Å². The van der Waals surface area contributed by atoms with E-state index in [1.165, 1.54) is 0 Å². The third-order valence-corrected chi connectivity index (χ3v) is 7.31. The van der Waals surface area contributed by atoms with Gasteiger partial charge in [-0.05, 0) is 43.0 Å². The fraction of sp³-hybridized carbons (Fsp3) is 0.348. The number of nitrogens with two attached hydrogens (primary N) is 1. The summed E-state index contributed by atoms with van der Waals surface area (Å²) in [6.45, 7) is 2.44. The van der Waals surface area contributed by atoms with E-state index in [1.54, 1.807) is 17.0 Å². The highest BCUT2D eigenvalue weighted by molar-refractivity contribution is 6.46. The molecule has 2 aliphatic heterocycles. The summed E-state index contributed by atoms with van der Waals surface area (Å²) in [7, 11) is 0. The lowest BCUT2D eigenvalue weighted by Crippen LogP contribution is -2.46. The second-order valence-electron chi connectivity index (χ2n) is 8.10. The van der Waals surface area contributed by atoms with Crippen LogP contribution in [0.2, 0.25) is 15.1 Å². The van der Waals surface area contributed by atoms with Crippen molar-refractivity contribution < 1.29 is 9.59 Å². The highest BCUT2D eigenvalue weighted by Crippen LogP contribution is 2.39. The van der Waals surface area contributed by atoms with Gasteiger partial charge >= 0.3 is 0 Å². The Morgan fingerprint density at radius 3 is 2.42 bits per heavy atom. The van der Waals surface area contributed by atoms with Crippen molar-refractivity contribution in [2.75, 3.05) is 26.2 Å². The molecule has 0 saturated carbocycles. The first-order chi connectivity index (χ1) is 14.9. The van der Waals surface area contributed by atoms with Crippen molar-refractivity contribution in [3.8, 4) is 0 Å². The Bertz CT molecular complexity index is 986. The summed E-state index contributed by atoms with van der Waals surface area (Å²) in [6.07, 6.45) is 2.98. The molecule has 0 bridgehead atoms. The quantitative estimate of drug-likeness (QED) is 0.633. The van der Waals surface area contributed by atoms with Gasteiger partial charge in [-0.3, -0.25) is 14.5 Å². The maximum atomic E-state index is 13.1. The van der Waals surface area contributed by atoms with Crippen LogP contribution in [-0.2, 0) is 4.79 Å². The predicted octanol–water partition coefficient (Wildman–Crippen LogP) is 4.15. The zero-order chi connectivity index (χ0) is 22.1. The van der Waals surface area contributed by atoms with Gasteiger partial charge in [0.05, 0.1) is 26.7 Å². The number of primary amides is 1. The molecule has 2 unspecified atom stereocenters. The van der Waals surface area contributed by atoms with Crippen LogP contribution in [0.5, 0.6) is 0 Å². The minimum absolute atomic E-state index is 0.00471. The summed E-state index contributed by atoms with van der Waals surface area (Å²) in [4.78, 5) is 29.3.